The zero-order valence-corrected chi connectivity index (χ0v) is 22.2. The van der Waals surface area contributed by atoms with Gasteiger partial charge in [0.15, 0.2) is 0 Å². The van der Waals surface area contributed by atoms with E-state index in [1.807, 2.05) is 12.1 Å². The molecule has 1 aliphatic rings. The lowest BCUT2D eigenvalue weighted by molar-refractivity contribution is -0.135. The monoisotopic (exact) mass is 540 g/mol. The second-order valence-electron chi connectivity index (χ2n) is 9.30. The first kappa shape index (κ1) is 27.5. The Kier molecular flexibility index (Phi) is 8.62. The molecule has 1 atom stereocenters. The number of ether oxygens (including phenoxy) is 1. The van der Waals surface area contributed by atoms with E-state index in [4.69, 9.17) is 4.74 Å². The first-order valence-electron chi connectivity index (χ1n) is 12.3. The topological polar surface area (TPSA) is 128 Å². The van der Waals surface area contributed by atoms with Crippen LogP contribution in [-0.4, -0.2) is 79.7 Å². The molecule has 38 heavy (non-hydrogen) atoms. The highest BCUT2D eigenvalue weighted by molar-refractivity contribution is 7.88. The summed E-state index contributed by atoms with van der Waals surface area (Å²) in [6.45, 7) is 3.43. The molecule has 1 saturated heterocycles. The Morgan fingerprint density at radius 1 is 1.00 bits per heavy atom. The number of hydrogen-bond acceptors (Lipinski definition) is 7. The normalized spacial score (nSPS) is 15.7. The summed E-state index contributed by atoms with van der Waals surface area (Å²) in [5.41, 5.74) is 4.27. The molecule has 0 aliphatic carbocycles. The van der Waals surface area contributed by atoms with Gasteiger partial charge in [-0.3, -0.25) is 19.7 Å². The highest BCUT2D eigenvalue weighted by Gasteiger charge is 2.31. The van der Waals surface area contributed by atoms with Crippen molar-refractivity contribution in [3.05, 3.63) is 77.4 Å². The minimum atomic E-state index is -3.32. The quantitative estimate of drug-likeness (QED) is 0.279. The van der Waals surface area contributed by atoms with Gasteiger partial charge in [0, 0.05) is 43.9 Å². The van der Waals surface area contributed by atoms with Crippen LogP contribution in [-0.2, 0) is 21.4 Å². The Hall–Kier alpha value is -3.51. The van der Waals surface area contributed by atoms with Crippen LogP contribution >= 0.6 is 0 Å². The minimum Gasteiger partial charge on any atom is -0.489 e. The van der Waals surface area contributed by atoms with Gasteiger partial charge in [0.05, 0.1) is 6.26 Å². The van der Waals surface area contributed by atoms with Crippen LogP contribution in [0, 0.1) is 6.92 Å². The summed E-state index contributed by atoms with van der Waals surface area (Å²) in [5, 5.41) is 14.2. The van der Waals surface area contributed by atoms with Crippen molar-refractivity contribution in [2.45, 2.75) is 19.6 Å². The molecule has 0 bridgehead atoms. The molecule has 0 saturated carbocycles. The molecule has 1 aliphatic heterocycles. The summed E-state index contributed by atoms with van der Waals surface area (Å²) in [4.78, 5) is 26.8. The first-order valence-corrected chi connectivity index (χ1v) is 14.1. The fourth-order valence-corrected chi connectivity index (χ4v) is 5.42. The van der Waals surface area contributed by atoms with Crippen LogP contribution in [0.4, 0.5) is 0 Å². The van der Waals surface area contributed by atoms with Gasteiger partial charge in [-0.15, -0.1) is 0 Å². The largest absolute Gasteiger partial charge is 0.489 e. The highest BCUT2D eigenvalue weighted by Crippen LogP contribution is 2.24. The predicted octanol–water partition coefficient (Wildman–Crippen LogP) is 1.91. The lowest BCUT2D eigenvalue weighted by atomic mass is 10.0. The van der Waals surface area contributed by atoms with Crippen LogP contribution < -0.4 is 15.5 Å². The highest BCUT2D eigenvalue weighted by atomic mass is 32.2. The van der Waals surface area contributed by atoms with Crippen LogP contribution in [0.2, 0.25) is 0 Å². The maximum Gasteiger partial charge on any atom is 0.262 e. The Morgan fingerprint density at radius 2 is 1.68 bits per heavy atom. The van der Waals surface area contributed by atoms with E-state index in [0.717, 1.165) is 28.2 Å². The fourth-order valence-electron chi connectivity index (χ4n) is 4.60. The average Bonchev–Trinajstić information content (AvgIpc) is 2.92. The number of hydroxylamine groups is 1. The number of benzene rings is 3. The Balaban J connectivity index is 1.35. The molecule has 2 amide bonds. The van der Waals surface area contributed by atoms with Gasteiger partial charge >= 0.3 is 0 Å². The maximum absolute atomic E-state index is 12.8. The molecule has 11 heteroatoms. The van der Waals surface area contributed by atoms with Gasteiger partial charge < -0.3 is 10.1 Å². The summed E-state index contributed by atoms with van der Waals surface area (Å²) in [6.07, 6.45) is 1.14. The number of aryl methyl sites for hydroxylation is 1. The number of rotatable bonds is 9. The number of hydrogen-bond donors (Lipinski definition) is 3. The molecule has 0 spiro atoms. The van der Waals surface area contributed by atoms with E-state index < -0.39 is 22.0 Å². The number of fused-ring (bicyclic) bond motifs is 1. The van der Waals surface area contributed by atoms with E-state index in [-0.39, 0.29) is 25.5 Å². The van der Waals surface area contributed by atoms with Crippen LogP contribution in [0.5, 0.6) is 5.75 Å². The van der Waals surface area contributed by atoms with E-state index in [0.29, 0.717) is 31.0 Å². The molecule has 0 radical (unpaired) electrons. The summed E-state index contributed by atoms with van der Waals surface area (Å²) in [7, 11) is -3.32. The Labute approximate surface area is 222 Å². The van der Waals surface area contributed by atoms with Crippen molar-refractivity contribution >= 4 is 32.6 Å². The second-order valence-corrected chi connectivity index (χ2v) is 11.3. The average molecular weight is 541 g/mol. The number of carbonyl (C=O) groups excluding carboxylic acids is 2. The lowest BCUT2D eigenvalue weighted by Gasteiger charge is -2.37. The van der Waals surface area contributed by atoms with E-state index in [2.05, 4.69) is 36.5 Å². The Morgan fingerprint density at radius 3 is 2.34 bits per heavy atom. The van der Waals surface area contributed by atoms with Crippen LogP contribution in [0.3, 0.4) is 0 Å². The number of piperazine rings is 1. The van der Waals surface area contributed by atoms with Crippen molar-refractivity contribution in [2.24, 2.45) is 0 Å². The molecule has 3 aromatic rings. The minimum absolute atomic E-state index is 0.0529. The third-order valence-corrected chi connectivity index (χ3v) is 8.13. The van der Waals surface area contributed by atoms with Gasteiger partial charge in [-0.05, 0) is 47.5 Å². The molecule has 1 heterocycles. The third-order valence-electron chi connectivity index (χ3n) is 6.83. The molecule has 202 valence electrons. The van der Waals surface area contributed by atoms with Crippen molar-refractivity contribution in [1.29, 1.82) is 0 Å². The summed E-state index contributed by atoms with van der Waals surface area (Å²) in [5.74, 6) is -0.437. The SMILES string of the molecule is Cc1ccc2ccccc2c1COc1ccc(C(=O)NC[C@@H](C(=O)NO)N2CCN(S(C)(=O)=O)CC2)cc1. The molecule has 3 aromatic carbocycles. The number of amides is 2. The van der Waals surface area contributed by atoms with Gasteiger partial charge in [-0.2, -0.15) is 4.31 Å². The fraction of sp³-hybridized carbons (Fsp3) is 0.333. The van der Waals surface area contributed by atoms with E-state index in [9.17, 15) is 23.2 Å². The van der Waals surface area contributed by atoms with Crippen molar-refractivity contribution in [3.8, 4) is 5.75 Å². The van der Waals surface area contributed by atoms with Crippen LogP contribution in [0.15, 0.2) is 60.7 Å². The summed E-state index contributed by atoms with van der Waals surface area (Å²) in [6, 6.07) is 18.2. The van der Waals surface area contributed by atoms with Crippen LogP contribution in [0.1, 0.15) is 21.5 Å². The molecule has 3 N–H and O–H groups in total. The number of carbonyl (C=O) groups is 2. The number of nitrogens with zero attached hydrogens (tertiary/aromatic N) is 2. The van der Waals surface area contributed by atoms with Gasteiger partial charge in [-0.1, -0.05) is 36.4 Å². The van der Waals surface area contributed by atoms with Crippen molar-refractivity contribution < 1.29 is 28.0 Å². The van der Waals surface area contributed by atoms with Crippen molar-refractivity contribution in [3.63, 3.8) is 0 Å². The van der Waals surface area contributed by atoms with Crippen molar-refractivity contribution in [2.75, 3.05) is 39.0 Å². The standard InChI is InChI=1S/C27H32N4O6S/c1-19-7-8-20-5-3-4-6-23(20)24(19)18-37-22-11-9-21(10-12-22)26(32)28-17-25(27(33)29-34)30-13-15-31(16-14-30)38(2,35)36/h3-12,25,34H,13-18H2,1-2H3,(H,28,32)(H,29,33)/t25-/m0/s1. The number of nitrogens with one attached hydrogen (secondary N) is 2. The second kappa shape index (κ2) is 11.9. The van der Waals surface area contributed by atoms with E-state index >= 15 is 0 Å². The smallest absolute Gasteiger partial charge is 0.262 e. The zero-order chi connectivity index (χ0) is 27.3. The van der Waals surface area contributed by atoms with Crippen molar-refractivity contribution in [1.82, 2.24) is 20.0 Å². The van der Waals surface area contributed by atoms with Gasteiger partial charge in [0.2, 0.25) is 10.0 Å². The van der Waals surface area contributed by atoms with Gasteiger partial charge in [0.1, 0.15) is 18.4 Å². The van der Waals surface area contributed by atoms with E-state index in [1.54, 1.807) is 34.6 Å². The van der Waals surface area contributed by atoms with Gasteiger partial charge in [0.25, 0.3) is 11.8 Å². The summed E-state index contributed by atoms with van der Waals surface area (Å²) < 4.78 is 30.8. The molecule has 0 aromatic heterocycles. The molecule has 0 unspecified atom stereocenters. The molecule has 1 fully saturated rings. The predicted molar refractivity (Wildman–Crippen MR) is 143 cm³/mol. The maximum atomic E-state index is 12.8. The third kappa shape index (κ3) is 6.48. The molecular formula is C27H32N4O6S. The van der Waals surface area contributed by atoms with Gasteiger partial charge in [-0.25, -0.2) is 13.9 Å². The molecular weight excluding hydrogens is 508 g/mol. The zero-order valence-electron chi connectivity index (χ0n) is 21.4. The Bertz CT molecular complexity index is 1400. The first-order chi connectivity index (χ1) is 18.2. The number of sulfonamides is 1. The molecule has 10 nitrogen and oxygen atoms in total. The summed E-state index contributed by atoms with van der Waals surface area (Å²) >= 11 is 0. The lowest BCUT2D eigenvalue weighted by Crippen LogP contribution is -2.58. The van der Waals surface area contributed by atoms with E-state index in [1.165, 1.54) is 4.31 Å². The van der Waals surface area contributed by atoms with Crippen LogP contribution in [0.25, 0.3) is 10.8 Å². The molecule has 4 rings (SSSR count).